The number of hydrogen-bond acceptors (Lipinski definition) is 8. The van der Waals surface area contributed by atoms with Crippen LogP contribution < -0.4 is 21.1 Å². The van der Waals surface area contributed by atoms with E-state index < -0.39 is 5.91 Å². The number of hydrogen-bond donors (Lipinski definition) is 3. The van der Waals surface area contributed by atoms with Crippen molar-refractivity contribution in [2.75, 3.05) is 31.0 Å². The number of aldehydes is 1. The number of nitrogens with zero attached hydrogens (tertiary/aromatic N) is 4. The van der Waals surface area contributed by atoms with E-state index in [1.165, 1.54) is 6.07 Å². The average Bonchev–Trinajstić information content (AvgIpc) is 3.46. The normalized spacial score (nSPS) is 11.2. The predicted octanol–water partition coefficient (Wildman–Crippen LogP) is 2.87. The van der Waals surface area contributed by atoms with Crippen molar-refractivity contribution in [3.05, 3.63) is 52.0 Å². The Kier molecular flexibility index (Phi) is 9.24. The minimum Gasteiger partial charge on any atom is -0.491 e. The Balaban J connectivity index is 1.69. The van der Waals surface area contributed by atoms with Gasteiger partial charge in [0.1, 0.15) is 17.6 Å². The van der Waals surface area contributed by atoms with Crippen LogP contribution in [0, 0.1) is 0 Å². The Morgan fingerprint density at radius 1 is 0.950 bits per heavy atom. The molecule has 2 aromatic heterocycles. The third kappa shape index (κ3) is 6.02. The van der Waals surface area contributed by atoms with E-state index in [4.69, 9.17) is 15.2 Å². The fraction of sp³-hybridized carbons (Fsp3) is 0.231. The van der Waals surface area contributed by atoms with Crippen LogP contribution in [-0.4, -0.2) is 64.4 Å². The van der Waals surface area contributed by atoms with Crippen molar-refractivity contribution >= 4 is 74.9 Å². The van der Waals surface area contributed by atoms with Crippen LogP contribution >= 0.6 is 15.9 Å². The molecule has 0 atom stereocenters. The van der Waals surface area contributed by atoms with Crippen LogP contribution in [0.15, 0.2) is 40.9 Å². The van der Waals surface area contributed by atoms with E-state index in [9.17, 15) is 19.2 Å². The predicted molar refractivity (Wildman–Crippen MR) is 152 cm³/mol. The summed E-state index contributed by atoms with van der Waals surface area (Å²) < 4.78 is 15.2. The topological polar surface area (TPSA) is 172 Å². The number of fused-ring (bicyclic) bond motifs is 2. The Bertz CT molecular complexity index is 1610. The number of nitrogens with two attached hydrogens (primary N) is 1. The maximum Gasteiger partial charge on any atom is 0.248 e. The molecule has 0 saturated carbocycles. The van der Waals surface area contributed by atoms with Crippen molar-refractivity contribution in [2.45, 2.75) is 19.5 Å². The highest BCUT2D eigenvalue weighted by atomic mass is 79.9. The highest BCUT2D eigenvalue weighted by Gasteiger charge is 2.18. The number of carbonyl (C=O) groups excluding carboxylic acids is 4. The summed E-state index contributed by atoms with van der Waals surface area (Å²) in [7, 11) is 1.59. The third-order valence-electron chi connectivity index (χ3n) is 5.91. The first-order valence-corrected chi connectivity index (χ1v) is 12.9. The van der Waals surface area contributed by atoms with Gasteiger partial charge in [-0.2, -0.15) is 0 Å². The van der Waals surface area contributed by atoms with Gasteiger partial charge >= 0.3 is 0 Å². The van der Waals surface area contributed by atoms with Crippen LogP contribution in [0.25, 0.3) is 22.1 Å². The lowest BCUT2D eigenvalue weighted by Gasteiger charge is -2.12. The third-order valence-corrected chi connectivity index (χ3v) is 6.52. The number of rotatable bonds is 15. The average molecular weight is 612 g/mol. The number of aromatic nitrogens is 4. The molecular formula is C26H26BrN7O6. The van der Waals surface area contributed by atoms with E-state index in [-0.39, 0.29) is 18.1 Å². The molecule has 2 aromatic carbocycles. The summed E-state index contributed by atoms with van der Waals surface area (Å²) in [6, 6.07) is 6.39. The van der Waals surface area contributed by atoms with Gasteiger partial charge in [0, 0.05) is 48.8 Å². The van der Waals surface area contributed by atoms with Gasteiger partial charge in [-0.25, -0.2) is 9.97 Å². The Hall–Kier alpha value is -4.56. The highest BCUT2D eigenvalue weighted by molar-refractivity contribution is 9.10. The van der Waals surface area contributed by atoms with Crippen molar-refractivity contribution < 1.29 is 28.7 Å². The molecule has 4 rings (SSSR count). The minimum atomic E-state index is -0.637. The molecule has 208 valence electrons. The quantitative estimate of drug-likeness (QED) is 0.104. The molecule has 2 heterocycles. The maximum absolute atomic E-state index is 11.9. The first-order valence-electron chi connectivity index (χ1n) is 12.1. The summed E-state index contributed by atoms with van der Waals surface area (Å²) in [6.45, 7) is 1.41. The Morgan fingerprint density at radius 3 is 2.15 bits per heavy atom. The van der Waals surface area contributed by atoms with E-state index in [1.807, 2.05) is 12.2 Å². The Morgan fingerprint density at radius 2 is 1.57 bits per heavy atom. The number of nitrogens with one attached hydrogen (secondary N) is 2. The lowest BCUT2D eigenvalue weighted by atomic mass is 10.1. The van der Waals surface area contributed by atoms with Gasteiger partial charge in [-0.15, -0.1) is 0 Å². The second-order valence-electron chi connectivity index (χ2n) is 8.48. The number of amides is 3. The number of methoxy groups -OCH3 is 1. The summed E-state index contributed by atoms with van der Waals surface area (Å²) in [5.74, 6) is 0.302. The van der Waals surface area contributed by atoms with Crippen molar-refractivity contribution in [1.82, 2.24) is 19.1 Å². The zero-order valence-corrected chi connectivity index (χ0v) is 23.0. The monoisotopic (exact) mass is 611 g/mol. The molecule has 0 saturated heterocycles. The minimum absolute atomic E-state index is 0.220. The molecule has 0 bridgehead atoms. The SMILES string of the molecule is COCCCOc1cc(C(N)=O)cc2nc(NC=O)n(C/C=C/Cn3c(NC=O)nc4cc(C=O)cc(Br)c43)c12. The van der Waals surface area contributed by atoms with Crippen LogP contribution in [0.3, 0.4) is 0 Å². The first kappa shape index (κ1) is 28.4. The molecule has 4 aromatic rings. The number of benzene rings is 2. The van der Waals surface area contributed by atoms with E-state index >= 15 is 0 Å². The van der Waals surface area contributed by atoms with Crippen LogP contribution in [0.1, 0.15) is 27.1 Å². The van der Waals surface area contributed by atoms with Crippen LogP contribution in [0.5, 0.6) is 5.75 Å². The number of primary amides is 1. The lowest BCUT2D eigenvalue weighted by molar-refractivity contribution is -0.106. The summed E-state index contributed by atoms with van der Waals surface area (Å²) in [6.07, 6.45) is 6.07. The van der Waals surface area contributed by atoms with Crippen LogP contribution in [0.2, 0.25) is 0 Å². The van der Waals surface area contributed by atoms with Gasteiger partial charge in [-0.1, -0.05) is 12.2 Å². The van der Waals surface area contributed by atoms with Gasteiger partial charge in [0.05, 0.1) is 23.2 Å². The molecule has 3 amide bonds. The largest absolute Gasteiger partial charge is 0.491 e. The summed E-state index contributed by atoms with van der Waals surface area (Å²) in [5.41, 5.74) is 8.39. The second-order valence-corrected chi connectivity index (χ2v) is 9.33. The maximum atomic E-state index is 11.9. The summed E-state index contributed by atoms with van der Waals surface area (Å²) in [4.78, 5) is 54.6. The molecule has 0 spiro atoms. The van der Waals surface area contributed by atoms with Crippen LogP contribution in [0.4, 0.5) is 11.9 Å². The molecule has 0 aliphatic carbocycles. The zero-order chi connectivity index (χ0) is 28.6. The molecule has 0 unspecified atom stereocenters. The molecule has 13 nitrogen and oxygen atoms in total. The van der Waals surface area contributed by atoms with Gasteiger partial charge in [0.2, 0.25) is 30.6 Å². The van der Waals surface area contributed by atoms with Gasteiger partial charge in [0.15, 0.2) is 0 Å². The fourth-order valence-electron chi connectivity index (χ4n) is 4.21. The van der Waals surface area contributed by atoms with Crippen molar-refractivity contribution in [2.24, 2.45) is 5.73 Å². The number of imidazole rings is 2. The number of halogens is 1. The Labute approximate surface area is 236 Å². The number of allylic oxidation sites excluding steroid dienone is 2. The molecular weight excluding hydrogens is 586 g/mol. The van der Waals surface area contributed by atoms with Crippen molar-refractivity contribution in [1.29, 1.82) is 0 Å². The van der Waals surface area contributed by atoms with Gasteiger partial charge in [-0.05, 0) is 40.2 Å². The number of carbonyl (C=O) groups is 4. The molecule has 0 aliphatic heterocycles. The lowest BCUT2D eigenvalue weighted by Crippen LogP contribution is -2.12. The second kappa shape index (κ2) is 13.0. The highest BCUT2D eigenvalue weighted by Crippen LogP contribution is 2.31. The zero-order valence-electron chi connectivity index (χ0n) is 21.4. The molecule has 4 N–H and O–H groups in total. The van der Waals surface area contributed by atoms with E-state index in [0.29, 0.717) is 82.8 Å². The number of ether oxygens (including phenoxy) is 2. The van der Waals surface area contributed by atoms with E-state index in [1.54, 1.807) is 34.4 Å². The smallest absolute Gasteiger partial charge is 0.248 e. The van der Waals surface area contributed by atoms with E-state index in [2.05, 4.69) is 36.5 Å². The van der Waals surface area contributed by atoms with Crippen molar-refractivity contribution in [3.8, 4) is 5.75 Å². The summed E-state index contributed by atoms with van der Waals surface area (Å²) in [5, 5.41) is 5.17. The van der Waals surface area contributed by atoms with E-state index in [0.717, 1.165) is 6.29 Å². The molecule has 0 aliphatic rings. The standard InChI is InChI=1S/C26H26BrN7O6/c1-39-7-4-8-40-21-12-17(24(28)38)11-20-23(21)34(26(32-20)30-15-37)6-3-2-5-33-22-18(27)9-16(13-35)10-19(22)31-25(33)29-14-36/h2-3,9-15H,4-8H2,1H3,(H2,28,38)(H,29,31,36)(H,30,32,37)/b3-2+. The molecule has 40 heavy (non-hydrogen) atoms. The first-order chi connectivity index (χ1) is 19.4. The van der Waals surface area contributed by atoms with Gasteiger partial charge in [0.25, 0.3) is 0 Å². The number of anilines is 2. The fourth-order valence-corrected chi connectivity index (χ4v) is 4.90. The summed E-state index contributed by atoms with van der Waals surface area (Å²) >= 11 is 3.48. The molecule has 14 heteroatoms. The van der Waals surface area contributed by atoms with Gasteiger partial charge < -0.3 is 24.3 Å². The van der Waals surface area contributed by atoms with Gasteiger partial charge in [-0.3, -0.25) is 29.8 Å². The van der Waals surface area contributed by atoms with Crippen molar-refractivity contribution in [3.63, 3.8) is 0 Å². The van der Waals surface area contributed by atoms with Crippen LogP contribution in [-0.2, 0) is 27.4 Å². The molecule has 0 fully saturated rings. The molecule has 0 radical (unpaired) electrons.